The maximum absolute atomic E-state index is 12.5. The molecule has 0 saturated carbocycles. The van der Waals surface area contributed by atoms with Crippen LogP contribution in [0.2, 0.25) is 5.02 Å². The molecule has 174 valence electrons. The third kappa shape index (κ3) is 5.81. The van der Waals surface area contributed by atoms with Crippen LogP contribution in [0.25, 0.3) is 11.0 Å². The van der Waals surface area contributed by atoms with Crippen LogP contribution in [-0.4, -0.2) is 18.7 Å². The van der Waals surface area contributed by atoms with Gasteiger partial charge in [-0.2, -0.15) is 5.10 Å². The molecular weight excluding hydrogens is 588 g/mol. The van der Waals surface area contributed by atoms with E-state index in [1.807, 2.05) is 49.4 Å². The summed E-state index contributed by atoms with van der Waals surface area (Å²) in [4.78, 5) is 12.5. The Balaban J connectivity index is 1.41. The van der Waals surface area contributed by atoms with Crippen molar-refractivity contribution in [3.8, 4) is 11.5 Å². The molecule has 0 aliphatic rings. The molecule has 6 nitrogen and oxygen atoms in total. The van der Waals surface area contributed by atoms with Gasteiger partial charge >= 0.3 is 5.91 Å². The highest BCUT2D eigenvalue weighted by Crippen LogP contribution is 2.35. The zero-order chi connectivity index (χ0) is 24.1. The Bertz CT molecular complexity index is 1350. The van der Waals surface area contributed by atoms with Crippen molar-refractivity contribution in [1.29, 1.82) is 0 Å². The second-order valence-electron chi connectivity index (χ2n) is 7.14. The van der Waals surface area contributed by atoms with Gasteiger partial charge in [0.05, 0.1) is 21.8 Å². The molecule has 34 heavy (non-hydrogen) atoms. The number of hydrogen-bond acceptors (Lipinski definition) is 5. The zero-order valence-electron chi connectivity index (χ0n) is 18.0. The molecular formula is C25H19Br2ClN2O4. The van der Waals surface area contributed by atoms with Crippen LogP contribution < -0.4 is 14.9 Å². The molecule has 0 atom stereocenters. The summed E-state index contributed by atoms with van der Waals surface area (Å²) in [5, 5.41) is 5.47. The van der Waals surface area contributed by atoms with Gasteiger partial charge in [-0.15, -0.1) is 0 Å². The number of benzene rings is 3. The van der Waals surface area contributed by atoms with Crippen LogP contribution in [0.4, 0.5) is 0 Å². The smallest absolute Gasteiger partial charge is 0.307 e. The lowest BCUT2D eigenvalue weighted by molar-refractivity contribution is 0.0929. The van der Waals surface area contributed by atoms with E-state index in [0.717, 1.165) is 31.2 Å². The summed E-state index contributed by atoms with van der Waals surface area (Å²) in [5.74, 6) is 1.06. The zero-order valence-corrected chi connectivity index (χ0v) is 21.9. The summed E-state index contributed by atoms with van der Waals surface area (Å²) in [6, 6.07) is 18.2. The van der Waals surface area contributed by atoms with E-state index in [9.17, 15) is 4.79 Å². The Labute approximate surface area is 218 Å². The first-order valence-corrected chi connectivity index (χ1v) is 12.3. The summed E-state index contributed by atoms with van der Waals surface area (Å²) in [6.07, 6.45) is 1.53. The first-order chi connectivity index (χ1) is 16.4. The van der Waals surface area contributed by atoms with Crippen LogP contribution >= 0.6 is 43.5 Å². The van der Waals surface area contributed by atoms with Crippen LogP contribution in [0.15, 0.2) is 79.1 Å². The monoisotopic (exact) mass is 604 g/mol. The van der Waals surface area contributed by atoms with Gasteiger partial charge < -0.3 is 13.9 Å². The van der Waals surface area contributed by atoms with Crippen molar-refractivity contribution >= 4 is 66.6 Å². The van der Waals surface area contributed by atoms with E-state index < -0.39 is 5.91 Å². The van der Waals surface area contributed by atoms with E-state index in [1.165, 1.54) is 6.21 Å². The van der Waals surface area contributed by atoms with Crippen LogP contribution in [0.5, 0.6) is 11.5 Å². The number of nitrogens with one attached hydrogen (secondary N) is 1. The van der Waals surface area contributed by atoms with Gasteiger partial charge in [0.2, 0.25) is 0 Å². The molecule has 1 aromatic heterocycles. The van der Waals surface area contributed by atoms with Crippen molar-refractivity contribution in [3.63, 3.8) is 0 Å². The highest BCUT2D eigenvalue weighted by molar-refractivity contribution is 9.11. The number of furan rings is 1. The first-order valence-electron chi connectivity index (χ1n) is 10.3. The van der Waals surface area contributed by atoms with Gasteiger partial charge in [0.25, 0.3) is 0 Å². The first kappa shape index (κ1) is 24.3. The number of carbonyl (C=O) groups is 1. The lowest BCUT2D eigenvalue weighted by Crippen LogP contribution is -2.16. The summed E-state index contributed by atoms with van der Waals surface area (Å²) in [5.41, 5.74) is 4.71. The normalized spacial score (nSPS) is 11.2. The lowest BCUT2D eigenvalue weighted by atomic mass is 10.2. The van der Waals surface area contributed by atoms with Crippen molar-refractivity contribution in [3.05, 3.63) is 91.5 Å². The molecule has 9 heteroatoms. The molecule has 0 radical (unpaired) electrons. The van der Waals surface area contributed by atoms with E-state index >= 15 is 0 Å². The quantitative estimate of drug-likeness (QED) is 0.168. The van der Waals surface area contributed by atoms with E-state index in [4.69, 9.17) is 25.5 Å². The van der Waals surface area contributed by atoms with Crippen LogP contribution in [-0.2, 0) is 6.61 Å². The summed E-state index contributed by atoms with van der Waals surface area (Å²) >= 11 is 13.2. The second kappa shape index (κ2) is 11.1. The number of nitrogens with zero attached hydrogens (tertiary/aromatic N) is 1. The molecule has 3 aromatic carbocycles. The third-order valence-electron chi connectivity index (χ3n) is 4.75. The van der Waals surface area contributed by atoms with Crippen LogP contribution in [0.1, 0.15) is 28.6 Å². The average molecular weight is 607 g/mol. The van der Waals surface area contributed by atoms with E-state index in [2.05, 4.69) is 42.4 Å². The number of rotatable bonds is 8. The number of ether oxygens (including phenoxy) is 2. The van der Waals surface area contributed by atoms with Crippen molar-refractivity contribution in [2.24, 2.45) is 5.10 Å². The largest absolute Gasteiger partial charge is 0.494 e. The molecule has 0 unspecified atom stereocenters. The predicted octanol–water partition coefficient (Wildman–Crippen LogP) is 7.35. The minimum atomic E-state index is -0.455. The number of halogens is 3. The molecule has 1 heterocycles. The molecule has 0 aliphatic heterocycles. The Kier molecular flexibility index (Phi) is 7.92. The number of hydrogen-bond donors (Lipinski definition) is 1. The van der Waals surface area contributed by atoms with Crippen LogP contribution in [0, 0.1) is 0 Å². The van der Waals surface area contributed by atoms with Gasteiger partial charge in [0, 0.05) is 16.0 Å². The second-order valence-corrected chi connectivity index (χ2v) is 9.25. The predicted molar refractivity (Wildman–Crippen MR) is 140 cm³/mol. The average Bonchev–Trinajstić information content (AvgIpc) is 3.23. The number of hydrazone groups is 1. The van der Waals surface area contributed by atoms with Crippen molar-refractivity contribution in [2.75, 3.05) is 6.61 Å². The Morgan fingerprint density at radius 2 is 1.85 bits per heavy atom. The van der Waals surface area contributed by atoms with Gasteiger partial charge in [-0.05, 0) is 86.8 Å². The molecule has 0 saturated heterocycles. The standard InChI is InChI=1S/C25H19Br2ClN2O4/c1-2-32-18-7-8-22-17(11-18)12-23(34-22)25(31)30-29-13-15-9-19(26)24(20(27)10-15)33-14-16-5-3-4-6-21(16)28/h3-13H,2,14H2,1H3,(H,30,31)/b29-13+. The topological polar surface area (TPSA) is 73.1 Å². The number of fused-ring (bicyclic) bond motifs is 1. The molecule has 1 amide bonds. The number of carbonyl (C=O) groups excluding carboxylic acids is 1. The highest BCUT2D eigenvalue weighted by Gasteiger charge is 2.13. The maximum atomic E-state index is 12.5. The Hall–Kier alpha value is -2.81. The summed E-state index contributed by atoms with van der Waals surface area (Å²) < 4.78 is 18.5. The van der Waals surface area contributed by atoms with E-state index in [1.54, 1.807) is 18.2 Å². The molecule has 0 spiro atoms. The van der Waals surface area contributed by atoms with E-state index in [0.29, 0.717) is 29.6 Å². The summed E-state index contributed by atoms with van der Waals surface area (Å²) in [6.45, 7) is 2.80. The highest BCUT2D eigenvalue weighted by atomic mass is 79.9. The fourth-order valence-corrected chi connectivity index (χ4v) is 4.81. The van der Waals surface area contributed by atoms with Gasteiger partial charge in [0.15, 0.2) is 5.76 Å². The number of amides is 1. The molecule has 4 aromatic rings. The molecule has 0 bridgehead atoms. The lowest BCUT2D eigenvalue weighted by Gasteiger charge is -2.12. The van der Waals surface area contributed by atoms with Crippen molar-refractivity contribution in [2.45, 2.75) is 13.5 Å². The molecule has 1 N–H and O–H groups in total. The maximum Gasteiger partial charge on any atom is 0.307 e. The third-order valence-corrected chi connectivity index (χ3v) is 6.30. The van der Waals surface area contributed by atoms with Gasteiger partial charge in [0.1, 0.15) is 23.7 Å². The van der Waals surface area contributed by atoms with Crippen molar-refractivity contribution < 1.29 is 18.7 Å². The van der Waals surface area contributed by atoms with Crippen LogP contribution in [0.3, 0.4) is 0 Å². The molecule has 0 fully saturated rings. The Morgan fingerprint density at radius 3 is 2.59 bits per heavy atom. The van der Waals surface area contributed by atoms with Crippen molar-refractivity contribution in [1.82, 2.24) is 5.43 Å². The van der Waals surface area contributed by atoms with E-state index in [-0.39, 0.29) is 5.76 Å². The minimum Gasteiger partial charge on any atom is -0.494 e. The summed E-state index contributed by atoms with van der Waals surface area (Å²) in [7, 11) is 0. The SMILES string of the molecule is CCOc1ccc2oc(C(=O)N/N=C/c3cc(Br)c(OCc4ccccc4Cl)c(Br)c3)cc2c1. The van der Waals surface area contributed by atoms with Gasteiger partial charge in [-0.3, -0.25) is 4.79 Å². The molecule has 4 rings (SSSR count). The fourth-order valence-electron chi connectivity index (χ4n) is 3.17. The molecule has 0 aliphatic carbocycles. The van der Waals surface area contributed by atoms with Gasteiger partial charge in [-0.1, -0.05) is 29.8 Å². The Morgan fingerprint density at radius 1 is 1.09 bits per heavy atom. The van der Waals surface area contributed by atoms with Gasteiger partial charge in [-0.25, -0.2) is 5.43 Å². The fraction of sp³-hybridized carbons (Fsp3) is 0.120. The minimum absolute atomic E-state index is 0.159.